The van der Waals surface area contributed by atoms with Gasteiger partial charge in [0.05, 0.1) is 13.2 Å². The predicted molar refractivity (Wildman–Crippen MR) is 81.0 cm³/mol. The Morgan fingerprint density at radius 2 is 2.14 bits per heavy atom. The van der Waals surface area contributed by atoms with Gasteiger partial charge in [-0.05, 0) is 24.3 Å². The molecule has 1 aliphatic heterocycles. The first-order valence-corrected chi connectivity index (χ1v) is 6.75. The van der Waals surface area contributed by atoms with E-state index in [0.29, 0.717) is 31.1 Å². The Morgan fingerprint density at radius 3 is 2.73 bits per heavy atom. The molecular weight excluding hydrogens is 318 g/mol. The Kier molecular flexibility index (Phi) is 8.08. The molecule has 0 radical (unpaired) electrons. The second kappa shape index (κ2) is 9.55. The van der Waals surface area contributed by atoms with Crippen LogP contribution in [0.1, 0.15) is 6.42 Å². The number of morpholine rings is 1. The molecule has 8 heteroatoms. The van der Waals surface area contributed by atoms with Crippen molar-refractivity contribution in [3.63, 3.8) is 0 Å². The average molecular weight is 337 g/mol. The number of anilines is 1. The van der Waals surface area contributed by atoms with Crippen LogP contribution in [0.3, 0.4) is 0 Å². The van der Waals surface area contributed by atoms with Crippen LogP contribution >= 0.6 is 12.4 Å². The Labute approximate surface area is 133 Å². The number of ether oxygens (including phenoxy) is 2. The number of hydrogen-bond donors (Lipinski definition) is 2. The number of amides is 1. The maximum Gasteiger partial charge on any atom is 0.272 e. The van der Waals surface area contributed by atoms with E-state index < -0.39 is 13.0 Å². The monoisotopic (exact) mass is 336 g/mol. The molecule has 0 bridgehead atoms. The SMILES string of the molecule is Cl.O=C(CC1COCCN1)Nc1ccc(OCC(F)F)cc1. The standard InChI is InChI=1S/C14H18F2N2O3.ClH/c15-13(16)9-21-12-3-1-10(2-4-12)18-14(19)7-11-8-20-6-5-17-11;/h1-4,11,13,17H,5-9H2,(H,18,19);1H. The Hall–Kier alpha value is -1.44. The van der Waals surface area contributed by atoms with Gasteiger partial charge in [0, 0.05) is 24.7 Å². The number of hydrogen-bond acceptors (Lipinski definition) is 4. The molecule has 0 saturated carbocycles. The third-order valence-corrected chi connectivity index (χ3v) is 2.94. The van der Waals surface area contributed by atoms with E-state index in [2.05, 4.69) is 10.6 Å². The molecule has 1 aliphatic rings. The molecular formula is C14H19ClF2N2O3. The highest BCUT2D eigenvalue weighted by molar-refractivity contribution is 5.91. The first-order chi connectivity index (χ1) is 10.1. The minimum absolute atomic E-state index is 0. The van der Waals surface area contributed by atoms with Crippen molar-refractivity contribution in [1.29, 1.82) is 0 Å². The van der Waals surface area contributed by atoms with Crippen LogP contribution in [0.15, 0.2) is 24.3 Å². The van der Waals surface area contributed by atoms with Gasteiger partial charge in [0.1, 0.15) is 12.4 Å². The van der Waals surface area contributed by atoms with Crippen molar-refractivity contribution in [1.82, 2.24) is 5.32 Å². The first-order valence-electron chi connectivity index (χ1n) is 6.75. The van der Waals surface area contributed by atoms with Gasteiger partial charge in [0.15, 0.2) is 0 Å². The van der Waals surface area contributed by atoms with Crippen molar-refractivity contribution in [2.75, 3.05) is 31.7 Å². The summed E-state index contributed by atoms with van der Waals surface area (Å²) in [6, 6.07) is 6.33. The Bertz CT molecular complexity index is 454. The topological polar surface area (TPSA) is 59.6 Å². The molecule has 124 valence electrons. The van der Waals surface area contributed by atoms with Gasteiger partial charge in [-0.3, -0.25) is 4.79 Å². The van der Waals surface area contributed by atoms with E-state index in [-0.39, 0.29) is 24.4 Å². The van der Waals surface area contributed by atoms with E-state index in [9.17, 15) is 13.6 Å². The summed E-state index contributed by atoms with van der Waals surface area (Å²) in [5.41, 5.74) is 0.598. The van der Waals surface area contributed by atoms with Crippen molar-refractivity contribution in [2.24, 2.45) is 0 Å². The van der Waals surface area contributed by atoms with Crippen LogP contribution in [-0.2, 0) is 9.53 Å². The molecule has 5 nitrogen and oxygen atoms in total. The zero-order valence-electron chi connectivity index (χ0n) is 11.9. The second-order valence-corrected chi connectivity index (χ2v) is 4.70. The fourth-order valence-corrected chi connectivity index (χ4v) is 1.98. The molecule has 1 saturated heterocycles. The van der Waals surface area contributed by atoms with Gasteiger partial charge >= 0.3 is 0 Å². The lowest BCUT2D eigenvalue weighted by molar-refractivity contribution is -0.117. The minimum atomic E-state index is -2.51. The van der Waals surface area contributed by atoms with Crippen molar-refractivity contribution in [2.45, 2.75) is 18.9 Å². The third-order valence-electron chi connectivity index (χ3n) is 2.94. The summed E-state index contributed by atoms with van der Waals surface area (Å²) in [7, 11) is 0. The predicted octanol–water partition coefficient (Wildman–Crippen LogP) is 2.07. The summed E-state index contributed by atoms with van der Waals surface area (Å²) in [6.45, 7) is 1.29. The summed E-state index contributed by atoms with van der Waals surface area (Å²) in [4.78, 5) is 11.8. The van der Waals surface area contributed by atoms with Gasteiger partial charge in [0.25, 0.3) is 6.43 Å². The molecule has 22 heavy (non-hydrogen) atoms. The Morgan fingerprint density at radius 1 is 1.41 bits per heavy atom. The lowest BCUT2D eigenvalue weighted by atomic mass is 10.2. The van der Waals surface area contributed by atoms with Crippen LogP contribution in [0.4, 0.5) is 14.5 Å². The van der Waals surface area contributed by atoms with Crippen molar-refractivity contribution in [3.05, 3.63) is 24.3 Å². The number of halogens is 3. The number of alkyl halides is 2. The number of carbonyl (C=O) groups is 1. The number of rotatable bonds is 6. The van der Waals surface area contributed by atoms with E-state index in [1.165, 1.54) is 0 Å². The highest BCUT2D eigenvalue weighted by atomic mass is 35.5. The van der Waals surface area contributed by atoms with Gasteiger partial charge in [0.2, 0.25) is 5.91 Å². The summed E-state index contributed by atoms with van der Waals surface area (Å²) in [6.07, 6.45) is -2.18. The fraction of sp³-hybridized carbons (Fsp3) is 0.500. The highest BCUT2D eigenvalue weighted by Crippen LogP contribution is 2.16. The molecule has 1 fully saturated rings. The maximum atomic E-state index is 12.0. The first kappa shape index (κ1) is 18.6. The van der Waals surface area contributed by atoms with E-state index in [4.69, 9.17) is 9.47 Å². The largest absolute Gasteiger partial charge is 0.488 e. The van der Waals surface area contributed by atoms with Crippen LogP contribution in [0, 0.1) is 0 Å². The quantitative estimate of drug-likeness (QED) is 0.835. The van der Waals surface area contributed by atoms with Crippen molar-refractivity contribution < 1.29 is 23.0 Å². The highest BCUT2D eigenvalue weighted by Gasteiger charge is 2.16. The molecule has 0 aliphatic carbocycles. The van der Waals surface area contributed by atoms with Gasteiger partial charge in [-0.1, -0.05) is 0 Å². The average Bonchev–Trinajstić information content (AvgIpc) is 2.47. The molecule has 1 aromatic rings. The zero-order valence-corrected chi connectivity index (χ0v) is 12.7. The van der Waals surface area contributed by atoms with E-state index in [1.807, 2.05) is 0 Å². The summed E-state index contributed by atoms with van der Waals surface area (Å²) >= 11 is 0. The van der Waals surface area contributed by atoms with E-state index in [1.54, 1.807) is 24.3 Å². The molecule has 2 rings (SSSR count). The Balaban J connectivity index is 0.00000242. The maximum absolute atomic E-state index is 12.0. The number of benzene rings is 1. The summed E-state index contributed by atoms with van der Waals surface area (Å²) in [5, 5.41) is 5.94. The van der Waals surface area contributed by atoms with Crippen molar-refractivity contribution in [3.8, 4) is 5.75 Å². The lowest BCUT2D eigenvalue weighted by Crippen LogP contribution is -2.43. The normalized spacial score (nSPS) is 17.7. The molecule has 0 spiro atoms. The van der Waals surface area contributed by atoms with Crippen LogP contribution < -0.4 is 15.4 Å². The molecule has 1 heterocycles. The van der Waals surface area contributed by atoms with E-state index >= 15 is 0 Å². The van der Waals surface area contributed by atoms with Crippen molar-refractivity contribution >= 4 is 24.0 Å². The number of nitrogens with one attached hydrogen (secondary N) is 2. The van der Waals surface area contributed by atoms with Gasteiger partial charge in [-0.25, -0.2) is 8.78 Å². The summed E-state index contributed by atoms with van der Waals surface area (Å²) in [5.74, 6) is 0.217. The summed E-state index contributed by atoms with van der Waals surface area (Å²) < 4.78 is 34.1. The van der Waals surface area contributed by atoms with Crippen LogP contribution in [-0.4, -0.2) is 44.7 Å². The fourth-order valence-electron chi connectivity index (χ4n) is 1.98. The molecule has 1 aromatic carbocycles. The second-order valence-electron chi connectivity index (χ2n) is 4.70. The molecule has 2 N–H and O–H groups in total. The van der Waals surface area contributed by atoms with Crippen LogP contribution in [0.5, 0.6) is 5.75 Å². The zero-order chi connectivity index (χ0) is 15.1. The molecule has 0 aromatic heterocycles. The molecule has 1 atom stereocenters. The van der Waals surface area contributed by atoms with Crippen LogP contribution in [0.25, 0.3) is 0 Å². The minimum Gasteiger partial charge on any atom is -0.488 e. The van der Waals surface area contributed by atoms with Gasteiger partial charge in [-0.15, -0.1) is 12.4 Å². The molecule has 1 unspecified atom stereocenters. The van der Waals surface area contributed by atoms with Gasteiger partial charge in [-0.2, -0.15) is 0 Å². The molecule has 1 amide bonds. The third kappa shape index (κ3) is 6.55. The van der Waals surface area contributed by atoms with E-state index in [0.717, 1.165) is 6.54 Å². The number of carbonyl (C=O) groups excluding carboxylic acids is 1. The smallest absolute Gasteiger partial charge is 0.272 e. The lowest BCUT2D eigenvalue weighted by Gasteiger charge is -2.23. The van der Waals surface area contributed by atoms with Gasteiger partial charge < -0.3 is 20.1 Å². The van der Waals surface area contributed by atoms with Crippen LogP contribution in [0.2, 0.25) is 0 Å².